The van der Waals surface area contributed by atoms with Gasteiger partial charge >= 0.3 is 0 Å². The van der Waals surface area contributed by atoms with Crippen molar-refractivity contribution in [2.45, 2.75) is 0 Å². The zero-order valence-electron chi connectivity index (χ0n) is 6.75. The Balaban J connectivity index is 2.78. The van der Waals surface area contributed by atoms with Gasteiger partial charge in [0.05, 0.1) is 10.6 Å². The van der Waals surface area contributed by atoms with Gasteiger partial charge in [-0.2, -0.15) is 0 Å². The lowest BCUT2D eigenvalue weighted by molar-refractivity contribution is 0.0990. The molecule has 1 aliphatic rings. The van der Waals surface area contributed by atoms with Crippen LogP contribution in [0.2, 0.25) is 10.2 Å². The Labute approximate surface area is 89.3 Å². The van der Waals surface area contributed by atoms with E-state index in [9.17, 15) is 9.59 Å². The largest absolute Gasteiger partial charge is 0.289 e. The Bertz CT molecular complexity index is 480. The molecule has 0 amide bonds. The third-order valence-electron chi connectivity index (χ3n) is 1.81. The molecule has 0 aliphatic heterocycles. The molecule has 0 unspecified atom stereocenters. The maximum Gasteiger partial charge on any atom is 0.205 e. The third kappa shape index (κ3) is 1.35. The van der Waals surface area contributed by atoms with Gasteiger partial charge in [0.25, 0.3) is 0 Å². The topological polar surface area (TPSA) is 47.0 Å². The molecule has 0 radical (unpaired) electrons. The van der Waals surface area contributed by atoms with Gasteiger partial charge in [-0.15, -0.1) is 0 Å². The first kappa shape index (κ1) is 9.37. The number of nitrogens with zero attached hydrogens (tertiary/aromatic N) is 1. The Morgan fingerprint density at radius 3 is 2.43 bits per heavy atom. The second-order valence-electron chi connectivity index (χ2n) is 2.71. The van der Waals surface area contributed by atoms with Crippen LogP contribution in [0.1, 0.15) is 20.8 Å². The maximum atomic E-state index is 11.4. The number of rotatable bonds is 0. The minimum absolute atomic E-state index is 0.0231. The predicted molar refractivity (Wildman–Crippen MR) is 52.1 cm³/mol. The summed E-state index contributed by atoms with van der Waals surface area (Å²) in [5.74, 6) is -0.683. The molecular weight excluding hydrogens is 225 g/mol. The van der Waals surface area contributed by atoms with Crippen molar-refractivity contribution >= 4 is 34.8 Å². The number of pyridine rings is 1. The molecule has 0 spiro atoms. The van der Waals surface area contributed by atoms with Gasteiger partial charge in [0.2, 0.25) is 5.78 Å². The van der Waals surface area contributed by atoms with E-state index >= 15 is 0 Å². The van der Waals surface area contributed by atoms with Crippen molar-refractivity contribution in [1.82, 2.24) is 4.98 Å². The van der Waals surface area contributed by atoms with Gasteiger partial charge in [-0.05, 0) is 18.2 Å². The van der Waals surface area contributed by atoms with Crippen LogP contribution in [0, 0.1) is 0 Å². The van der Waals surface area contributed by atoms with E-state index in [1.54, 1.807) is 0 Å². The Kier molecular flexibility index (Phi) is 2.13. The first-order valence-electron chi connectivity index (χ1n) is 3.72. The summed E-state index contributed by atoms with van der Waals surface area (Å²) >= 11 is 11.4. The van der Waals surface area contributed by atoms with Crippen LogP contribution in [-0.4, -0.2) is 16.6 Å². The van der Waals surface area contributed by atoms with Crippen molar-refractivity contribution in [3.05, 3.63) is 39.7 Å². The Morgan fingerprint density at radius 2 is 1.71 bits per heavy atom. The number of hydrogen-bond acceptors (Lipinski definition) is 3. The first-order valence-corrected chi connectivity index (χ1v) is 4.48. The van der Waals surface area contributed by atoms with Gasteiger partial charge < -0.3 is 0 Å². The predicted octanol–water partition coefficient (Wildman–Crippen LogP) is 2.32. The van der Waals surface area contributed by atoms with E-state index in [2.05, 4.69) is 4.98 Å². The quantitative estimate of drug-likeness (QED) is 0.640. The van der Waals surface area contributed by atoms with Crippen molar-refractivity contribution in [3.8, 4) is 0 Å². The number of allylic oxidation sites excluding steroid dienone is 2. The summed E-state index contributed by atoms with van der Waals surface area (Å²) in [6.45, 7) is 0. The molecule has 0 N–H and O–H groups in total. The van der Waals surface area contributed by atoms with Crippen LogP contribution in [0.5, 0.6) is 0 Å². The fraction of sp³-hybridized carbons (Fsp3) is 0. The van der Waals surface area contributed by atoms with Crippen LogP contribution in [0.4, 0.5) is 0 Å². The number of carbonyl (C=O) groups is 2. The average molecular weight is 228 g/mol. The lowest BCUT2D eigenvalue weighted by atomic mass is 10.0. The fourth-order valence-electron chi connectivity index (χ4n) is 1.21. The summed E-state index contributed by atoms with van der Waals surface area (Å²) in [5, 5.41) is 0.257. The van der Waals surface area contributed by atoms with Gasteiger partial charge in [0.15, 0.2) is 5.78 Å². The van der Waals surface area contributed by atoms with Gasteiger partial charge in [-0.25, -0.2) is 4.98 Å². The number of carbonyl (C=O) groups excluding carboxylic acids is 2. The molecule has 2 rings (SSSR count). The zero-order valence-corrected chi connectivity index (χ0v) is 8.26. The van der Waals surface area contributed by atoms with Crippen LogP contribution in [0.25, 0.3) is 0 Å². The summed E-state index contributed by atoms with van der Waals surface area (Å²) in [6.07, 6.45) is 2.33. The lowest BCUT2D eigenvalue weighted by Gasteiger charge is -2.09. The number of ketones is 2. The van der Waals surface area contributed by atoms with Crippen LogP contribution in [-0.2, 0) is 0 Å². The molecule has 3 nitrogen and oxygen atoms in total. The third-order valence-corrected chi connectivity index (χ3v) is 2.30. The average Bonchev–Trinajstić information content (AvgIpc) is 2.10. The number of fused-ring (bicyclic) bond motifs is 1. The van der Waals surface area contributed by atoms with Crippen LogP contribution in [0.15, 0.2) is 18.2 Å². The molecule has 0 fully saturated rings. The highest BCUT2D eigenvalue weighted by atomic mass is 35.5. The smallest absolute Gasteiger partial charge is 0.205 e. The lowest BCUT2D eigenvalue weighted by Crippen LogP contribution is -2.14. The van der Waals surface area contributed by atoms with E-state index in [-0.39, 0.29) is 33.0 Å². The molecule has 0 bridgehead atoms. The van der Waals surface area contributed by atoms with Crippen molar-refractivity contribution in [2.24, 2.45) is 0 Å². The van der Waals surface area contributed by atoms with E-state index in [1.807, 2.05) is 0 Å². The van der Waals surface area contributed by atoms with Crippen LogP contribution >= 0.6 is 23.2 Å². The summed E-state index contributed by atoms with van der Waals surface area (Å²) < 4.78 is 0. The van der Waals surface area contributed by atoms with E-state index in [1.165, 1.54) is 12.1 Å². The number of hydrogen-bond donors (Lipinski definition) is 0. The highest BCUT2D eigenvalue weighted by molar-refractivity contribution is 6.39. The van der Waals surface area contributed by atoms with Crippen LogP contribution < -0.4 is 0 Å². The van der Waals surface area contributed by atoms with Gasteiger partial charge in [0, 0.05) is 0 Å². The van der Waals surface area contributed by atoms with Crippen molar-refractivity contribution in [3.63, 3.8) is 0 Å². The number of aromatic nitrogens is 1. The zero-order chi connectivity index (χ0) is 10.3. The van der Waals surface area contributed by atoms with Crippen LogP contribution in [0.3, 0.4) is 0 Å². The summed E-state index contributed by atoms with van der Waals surface area (Å²) in [7, 11) is 0. The highest BCUT2D eigenvalue weighted by Gasteiger charge is 2.23. The normalized spacial score (nSPS) is 14.4. The molecule has 70 valence electrons. The van der Waals surface area contributed by atoms with E-state index < -0.39 is 0 Å². The standard InChI is InChI=1S/C9H3Cl2NO2/c10-4-3-7(11)12-9-6(14)2-1-5(13)8(4)9/h1-3H. The molecule has 5 heteroatoms. The summed E-state index contributed by atoms with van der Waals surface area (Å²) in [6, 6.07) is 1.34. The Hall–Kier alpha value is -1.19. The monoisotopic (exact) mass is 227 g/mol. The molecule has 1 aromatic rings. The number of halogens is 2. The summed E-state index contributed by atoms with van der Waals surface area (Å²) in [4.78, 5) is 26.4. The molecule has 0 saturated heterocycles. The van der Waals surface area contributed by atoms with E-state index in [4.69, 9.17) is 23.2 Å². The SMILES string of the molecule is O=C1C=CC(=O)c2c(Cl)cc(Cl)nc21. The van der Waals surface area contributed by atoms with Gasteiger partial charge in [-0.1, -0.05) is 23.2 Å². The van der Waals surface area contributed by atoms with Gasteiger partial charge in [-0.3, -0.25) is 9.59 Å². The molecule has 14 heavy (non-hydrogen) atoms. The highest BCUT2D eigenvalue weighted by Crippen LogP contribution is 2.26. The minimum Gasteiger partial charge on any atom is -0.289 e. The molecular formula is C9H3Cl2NO2. The molecule has 1 aliphatic carbocycles. The molecule has 0 saturated carbocycles. The second kappa shape index (κ2) is 3.19. The molecule has 0 atom stereocenters. The summed E-state index contributed by atoms with van der Waals surface area (Å²) in [5.41, 5.74) is 0.151. The Morgan fingerprint density at radius 1 is 1.07 bits per heavy atom. The van der Waals surface area contributed by atoms with Crippen molar-refractivity contribution in [2.75, 3.05) is 0 Å². The van der Waals surface area contributed by atoms with E-state index in [0.717, 1.165) is 6.08 Å². The fourth-order valence-corrected chi connectivity index (χ4v) is 1.75. The second-order valence-corrected chi connectivity index (χ2v) is 3.51. The molecule has 1 aromatic heterocycles. The molecule has 1 heterocycles. The van der Waals surface area contributed by atoms with E-state index in [0.29, 0.717) is 0 Å². The first-order chi connectivity index (χ1) is 6.59. The van der Waals surface area contributed by atoms with Gasteiger partial charge in [0.1, 0.15) is 10.8 Å². The maximum absolute atomic E-state index is 11.4. The minimum atomic E-state index is -0.357. The van der Waals surface area contributed by atoms with Crippen molar-refractivity contribution in [1.29, 1.82) is 0 Å². The molecule has 0 aromatic carbocycles. The van der Waals surface area contributed by atoms with Crippen molar-refractivity contribution < 1.29 is 9.59 Å².